The minimum Gasteiger partial charge on any atom is -0.294 e. The first kappa shape index (κ1) is 8.57. The van der Waals surface area contributed by atoms with Gasteiger partial charge in [-0.15, -0.1) is 0 Å². The predicted molar refractivity (Wildman–Crippen MR) is 56.5 cm³/mol. The topological polar surface area (TPSA) is 17.1 Å². The van der Waals surface area contributed by atoms with Crippen molar-refractivity contribution < 1.29 is 4.79 Å². The van der Waals surface area contributed by atoms with Crippen molar-refractivity contribution in [1.82, 2.24) is 0 Å². The van der Waals surface area contributed by atoms with Gasteiger partial charge in [0.15, 0.2) is 5.78 Å². The van der Waals surface area contributed by atoms with E-state index in [-0.39, 0.29) is 5.78 Å². The van der Waals surface area contributed by atoms with Gasteiger partial charge in [0.2, 0.25) is 0 Å². The molecule has 0 fully saturated rings. The number of ketones is 1. The van der Waals surface area contributed by atoms with E-state index >= 15 is 0 Å². The summed E-state index contributed by atoms with van der Waals surface area (Å²) in [6.45, 7) is 0. The van der Waals surface area contributed by atoms with Gasteiger partial charge in [-0.3, -0.25) is 4.79 Å². The summed E-state index contributed by atoms with van der Waals surface area (Å²) in [7, 11) is 0. The van der Waals surface area contributed by atoms with Crippen LogP contribution in [0.5, 0.6) is 0 Å². The summed E-state index contributed by atoms with van der Waals surface area (Å²) in [4.78, 5) is 11.4. The minimum atomic E-state index is 0.275. The average Bonchev–Trinajstić information content (AvgIpc) is 2.18. The highest BCUT2D eigenvalue weighted by atomic mass is 32.1. The Morgan fingerprint density at radius 2 is 2.15 bits per heavy atom. The Morgan fingerprint density at radius 3 is 2.92 bits per heavy atom. The number of carbonyl (C=O) groups is 1. The molecule has 13 heavy (non-hydrogen) atoms. The summed E-state index contributed by atoms with van der Waals surface area (Å²) in [5, 5.41) is 1.65. The third-order valence-corrected chi connectivity index (χ3v) is 2.69. The van der Waals surface area contributed by atoms with Crippen LogP contribution in [0.2, 0.25) is 0 Å². The van der Waals surface area contributed by atoms with Crippen molar-refractivity contribution in [3.8, 4) is 0 Å². The van der Waals surface area contributed by atoms with Gasteiger partial charge in [0, 0.05) is 17.4 Å². The smallest absolute Gasteiger partial charge is 0.163 e. The van der Waals surface area contributed by atoms with E-state index in [0.717, 1.165) is 29.5 Å². The summed E-state index contributed by atoms with van der Waals surface area (Å²) in [5.41, 5.74) is 3.09. The number of thiocarbonyl (C=S) groups is 1. The number of carbonyl (C=O) groups excluding carboxylic acids is 1. The maximum atomic E-state index is 11.4. The van der Waals surface area contributed by atoms with Gasteiger partial charge in [0.25, 0.3) is 0 Å². The van der Waals surface area contributed by atoms with Gasteiger partial charge >= 0.3 is 0 Å². The lowest BCUT2D eigenvalue weighted by atomic mass is 9.90. The molecule has 0 aromatic heterocycles. The van der Waals surface area contributed by atoms with E-state index in [1.54, 1.807) is 5.37 Å². The van der Waals surface area contributed by atoms with E-state index in [1.165, 1.54) is 0 Å². The first-order valence-electron chi connectivity index (χ1n) is 4.42. The quantitative estimate of drug-likeness (QED) is 0.633. The van der Waals surface area contributed by atoms with Crippen molar-refractivity contribution in [2.24, 2.45) is 0 Å². The summed E-state index contributed by atoms with van der Waals surface area (Å²) < 4.78 is 0. The minimum absolute atomic E-state index is 0.275. The van der Waals surface area contributed by atoms with Crippen LogP contribution in [-0.4, -0.2) is 11.2 Å². The molecule has 2 rings (SSSR count). The molecule has 0 spiro atoms. The van der Waals surface area contributed by atoms with Crippen LogP contribution in [0.4, 0.5) is 0 Å². The first-order valence-corrected chi connectivity index (χ1v) is 4.90. The molecule has 1 nitrogen and oxygen atoms in total. The summed E-state index contributed by atoms with van der Waals surface area (Å²) >= 11 is 4.84. The normalized spacial score (nSPS) is 15.2. The lowest BCUT2D eigenvalue weighted by molar-refractivity contribution is 0.0972. The molecular weight excluding hydrogens is 180 g/mol. The second-order valence-electron chi connectivity index (χ2n) is 3.31. The van der Waals surface area contributed by atoms with E-state index in [4.69, 9.17) is 12.2 Å². The molecule has 0 atom stereocenters. The highest BCUT2D eigenvalue weighted by molar-refractivity contribution is 7.79. The fourth-order valence-corrected chi connectivity index (χ4v) is 1.89. The van der Waals surface area contributed by atoms with Crippen LogP contribution in [0.25, 0.3) is 0 Å². The second kappa shape index (κ2) is 3.38. The molecule has 1 aromatic carbocycles. The number of hydrogen-bond donors (Lipinski definition) is 0. The van der Waals surface area contributed by atoms with Crippen molar-refractivity contribution in [3.63, 3.8) is 0 Å². The Kier molecular flexibility index (Phi) is 2.23. The predicted octanol–water partition coefficient (Wildman–Crippen LogP) is 2.55. The molecule has 66 valence electrons. The SMILES string of the molecule is O=C1CCCc2cc(C=S)ccc21. The number of fused-ring (bicyclic) bond motifs is 1. The highest BCUT2D eigenvalue weighted by Gasteiger charge is 2.16. The van der Waals surface area contributed by atoms with Gasteiger partial charge in [-0.2, -0.15) is 0 Å². The zero-order valence-electron chi connectivity index (χ0n) is 7.25. The Hall–Kier alpha value is -1.02. The zero-order chi connectivity index (χ0) is 9.26. The largest absolute Gasteiger partial charge is 0.294 e. The fourth-order valence-electron chi connectivity index (χ4n) is 1.74. The molecule has 0 amide bonds. The van der Waals surface area contributed by atoms with Crippen molar-refractivity contribution >= 4 is 23.4 Å². The van der Waals surface area contributed by atoms with Crippen molar-refractivity contribution in [2.75, 3.05) is 0 Å². The van der Waals surface area contributed by atoms with Gasteiger partial charge in [-0.25, -0.2) is 0 Å². The molecule has 0 saturated heterocycles. The Labute approximate surface area is 82.8 Å². The maximum absolute atomic E-state index is 11.4. The van der Waals surface area contributed by atoms with Gasteiger partial charge < -0.3 is 0 Å². The fraction of sp³-hybridized carbons (Fsp3) is 0.273. The molecule has 1 aliphatic rings. The lowest BCUT2D eigenvalue weighted by Gasteiger charge is -2.14. The third-order valence-electron chi connectivity index (χ3n) is 2.42. The Morgan fingerprint density at radius 1 is 1.31 bits per heavy atom. The molecule has 0 aliphatic heterocycles. The number of Topliss-reactive ketones (excluding diaryl/α,β-unsaturated/α-hetero) is 1. The highest BCUT2D eigenvalue weighted by Crippen LogP contribution is 2.21. The summed E-state index contributed by atoms with van der Waals surface area (Å²) in [5.74, 6) is 0.275. The molecule has 0 bridgehead atoms. The first-order chi connectivity index (χ1) is 6.31. The van der Waals surface area contributed by atoms with Crippen LogP contribution in [0, 0.1) is 0 Å². The average molecular weight is 190 g/mol. The van der Waals surface area contributed by atoms with Crippen LogP contribution in [0.1, 0.15) is 34.3 Å². The molecule has 0 N–H and O–H groups in total. The molecule has 2 heteroatoms. The van der Waals surface area contributed by atoms with Crippen molar-refractivity contribution in [2.45, 2.75) is 19.3 Å². The molecular formula is C11H10OS. The molecule has 1 aromatic rings. The van der Waals surface area contributed by atoms with Crippen molar-refractivity contribution in [3.05, 3.63) is 34.9 Å². The third kappa shape index (κ3) is 1.54. The molecule has 0 heterocycles. The Balaban J connectivity index is 2.51. The molecule has 0 radical (unpaired) electrons. The van der Waals surface area contributed by atoms with Gasteiger partial charge in [-0.1, -0.05) is 30.4 Å². The van der Waals surface area contributed by atoms with Gasteiger partial charge in [0.05, 0.1) is 0 Å². The maximum Gasteiger partial charge on any atom is 0.163 e. The number of rotatable bonds is 1. The van der Waals surface area contributed by atoms with Crippen LogP contribution in [0.15, 0.2) is 18.2 Å². The van der Waals surface area contributed by atoms with Crippen LogP contribution in [-0.2, 0) is 6.42 Å². The van der Waals surface area contributed by atoms with E-state index in [9.17, 15) is 4.79 Å². The standard InChI is InChI=1S/C11H10OS/c12-11-3-1-2-9-6-8(7-13)4-5-10(9)11/h4-7H,1-3H2. The number of hydrogen-bond acceptors (Lipinski definition) is 2. The van der Waals surface area contributed by atoms with Gasteiger partial charge in [0.1, 0.15) is 0 Å². The summed E-state index contributed by atoms with van der Waals surface area (Å²) in [6.07, 6.45) is 2.69. The zero-order valence-corrected chi connectivity index (χ0v) is 8.06. The monoisotopic (exact) mass is 190 g/mol. The van der Waals surface area contributed by atoms with E-state index in [1.807, 2.05) is 18.2 Å². The molecule has 0 unspecified atom stereocenters. The molecule has 0 saturated carbocycles. The molecule has 1 aliphatic carbocycles. The number of aryl methyl sites for hydroxylation is 1. The van der Waals surface area contributed by atoms with Crippen LogP contribution in [0.3, 0.4) is 0 Å². The van der Waals surface area contributed by atoms with Crippen molar-refractivity contribution in [1.29, 1.82) is 0 Å². The Bertz CT molecular complexity index is 368. The van der Waals surface area contributed by atoms with E-state index in [2.05, 4.69) is 0 Å². The van der Waals surface area contributed by atoms with E-state index < -0.39 is 0 Å². The lowest BCUT2D eigenvalue weighted by Crippen LogP contribution is -2.10. The number of benzene rings is 1. The second-order valence-corrected chi connectivity index (χ2v) is 3.55. The van der Waals surface area contributed by atoms with Crippen LogP contribution >= 0.6 is 12.2 Å². The van der Waals surface area contributed by atoms with Gasteiger partial charge in [-0.05, 0) is 24.0 Å². The van der Waals surface area contributed by atoms with Crippen LogP contribution < -0.4 is 0 Å². The van der Waals surface area contributed by atoms with E-state index in [0.29, 0.717) is 6.42 Å². The summed E-state index contributed by atoms with van der Waals surface area (Å²) in [6, 6.07) is 5.84.